The highest BCUT2D eigenvalue weighted by molar-refractivity contribution is 5.99. The minimum atomic E-state index is -0.689. The van der Waals surface area contributed by atoms with Gasteiger partial charge in [0.05, 0.1) is 42.7 Å². The summed E-state index contributed by atoms with van der Waals surface area (Å²) in [5.74, 6) is 1.41. The Hall–Kier alpha value is -5.48. The number of nitrogens with zero attached hydrogens (tertiary/aromatic N) is 2. The van der Waals surface area contributed by atoms with Crippen molar-refractivity contribution in [1.29, 1.82) is 0 Å². The monoisotopic (exact) mass is 640 g/mol. The number of hydrogen-bond donors (Lipinski definition) is 3. The van der Waals surface area contributed by atoms with Crippen LogP contribution in [0, 0.1) is 5.92 Å². The van der Waals surface area contributed by atoms with E-state index in [9.17, 15) is 9.90 Å². The number of hydrogen-bond acceptors (Lipinski definition) is 6. The van der Waals surface area contributed by atoms with Crippen LogP contribution in [-0.4, -0.2) is 26.8 Å². The van der Waals surface area contributed by atoms with E-state index in [1.165, 1.54) is 0 Å². The van der Waals surface area contributed by atoms with Gasteiger partial charge >= 0.3 is 6.03 Å². The van der Waals surface area contributed by atoms with Crippen molar-refractivity contribution in [3.05, 3.63) is 150 Å². The standard InChI is InChI=1S/C39H36N4O5/c1-26-36(23-43-25-40-34-12-5-6-13-35(34)43)47-38(48-37(26)28-16-14-27(24-44)15-17-28)29-8-7-9-31(22-29)42-39(45)41-30-18-20-33(21-19-30)46-32-10-3-2-4-11-32/h2-22,25-26,36-38,44H,23-24H2,1H3,(H2,41,42,45)/t26-,36+,37+,38+/m1/s1. The van der Waals surface area contributed by atoms with Crippen molar-refractivity contribution in [3.63, 3.8) is 0 Å². The highest BCUT2D eigenvalue weighted by atomic mass is 16.7. The van der Waals surface area contributed by atoms with E-state index in [1.807, 2.05) is 103 Å². The number of aliphatic hydroxyl groups is 1. The van der Waals surface area contributed by atoms with Gasteiger partial charge in [-0.25, -0.2) is 9.78 Å². The number of carbonyl (C=O) groups excluding carboxylic acids is 1. The number of ether oxygens (including phenoxy) is 3. The number of aromatic nitrogens is 2. The fourth-order valence-corrected chi connectivity index (χ4v) is 5.97. The molecule has 1 aliphatic heterocycles. The molecule has 2 heterocycles. The lowest BCUT2D eigenvalue weighted by Crippen LogP contribution is -2.39. The second-order valence-electron chi connectivity index (χ2n) is 11.9. The molecule has 0 unspecified atom stereocenters. The SMILES string of the molecule is C[C@@H]1[C@H](Cn2cnc3ccccc32)O[C@H](c2cccc(NC(=O)Nc3ccc(Oc4ccccc4)cc3)c2)O[C@@H]1c1ccc(CO)cc1. The molecule has 2 amide bonds. The van der Waals surface area contributed by atoms with Crippen molar-refractivity contribution in [3.8, 4) is 11.5 Å². The number of aliphatic hydroxyl groups excluding tert-OH is 1. The highest BCUT2D eigenvalue weighted by Crippen LogP contribution is 2.42. The van der Waals surface area contributed by atoms with E-state index in [0.29, 0.717) is 23.7 Å². The van der Waals surface area contributed by atoms with Crippen molar-refractivity contribution >= 4 is 28.4 Å². The first kappa shape index (κ1) is 31.1. The number of rotatable bonds is 9. The van der Waals surface area contributed by atoms with E-state index in [1.54, 1.807) is 24.3 Å². The summed E-state index contributed by atoms with van der Waals surface area (Å²) in [6, 6.07) is 39.7. The van der Waals surface area contributed by atoms with Crippen molar-refractivity contribution in [1.82, 2.24) is 9.55 Å². The highest BCUT2D eigenvalue weighted by Gasteiger charge is 2.38. The Labute approximate surface area is 278 Å². The van der Waals surface area contributed by atoms with Crippen LogP contribution in [0.3, 0.4) is 0 Å². The molecule has 9 heteroatoms. The fraction of sp³-hybridized carbons (Fsp3) is 0.179. The Balaban J connectivity index is 1.07. The van der Waals surface area contributed by atoms with Crippen LogP contribution >= 0.6 is 0 Å². The Morgan fingerprint density at radius 1 is 0.792 bits per heavy atom. The van der Waals surface area contributed by atoms with Gasteiger partial charge in [-0.2, -0.15) is 0 Å². The predicted molar refractivity (Wildman–Crippen MR) is 185 cm³/mol. The lowest BCUT2D eigenvalue weighted by atomic mass is 9.90. The van der Waals surface area contributed by atoms with Crippen LogP contribution in [0.1, 0.15) is 36.0 Å². The lowest BCUT2D eigenvalue weighted by molar-refractivity contribution is -0.276. The van der Waals surface area contributed by atoms with E-state index in [2.05, 4.69) is 33.2 Å². The third-order valence-electron chi connectivity index (χ3n) is 8.54. The molecule has 4 atom stereocenters. The van der Waals surface area contributed by atoms with Crippen LogP contribution in [-0.2, 0) is 22.6 Å². The van der Waals surface area contributed by atoms with Crippen LogP contribution < -0.4 is 15.4 Å². The number of para-hydroxylation sites is 3. The van der Waals surface area contributed by atoms with Gasteiger partial charge in [0.15, 0.2) is 6.29 Å². The molecule has 6 aromatic rings. The number of carbonyl (C=O) groups is 1. The summed E-state index contributed by atoms with van der Waals surface area (Å²) in [5.41, 5.74) is 5.81. The number of fused-ring (bicyclic) bond motifs is 1. The number of imidazole rings is 1. The summed E-state index contributed by atoms with van der Waals surface area (Å²) in [5, 5.41) is 15.4. The van der Waals surface area contributed by atoms with Gasteiger partial charge in [0.1, 0.15) is 11.5 Å². The lowest BCUT2D eigenvalue weighted by Gasteiger charge is -2.41. The van der Waals surface area contributed by atoms with E-state index in [4.69, 9.17) is 14.2 Å². The molecule has 1 aromatic heterocycles. The van der Waals surface area contributed by atoms with Crippen LogP contribution in [0.2, 0.25) is 0 Å². The number of amides is 2. The number of urea groups is 1. The van der Waals surface area contributed by atoms with Crippen molar-refractivity contribution in [2.75, 3.05) is 10.6 Å². The molecule has 9 nitrogen and oxygen atoms in total. The maximum Gasteiger partial charge on any atom is 0.323 e. The first-order valence-corrected chi connectivity index (χ1v) is 15.9. The molecule has 0 aliphatic carbocycles. The topological polar surface area (TPSA) is 107 Å². The van der Waals surface area contributed by atoms with Gasteiger partial charge in [-0.05, 0) is 71.8 Å². The van der Waals surface area contributed by atoms with Gasteiger partial charge in [0.2, 0.25) is 0 Å². The molecule has 0 spiro atoms. The molecule has 3 N–H and O–H groups in total. The second-order valence-corrected chi connectivity index (χ2v) is 11.9. The molecule has 48 heavy (non-hydrogen) atoms. The second kappa shape index (κ2) is 14.1. The minimum absolute atomic E-state index is 0.000967. The van der Waals surface area contributed by atoms with E-state index in [-0.39, 0.29) is 30.8 Å². The smallest absolute Gasteiger partial charge is 0.323 e. The first-order valence-electron chi connectivity index (χ1n) is 15.9. The van der Waals surface area contributed by atoms with Gasteiger partial charge in [-0.3, -0.25) is 0 Å². The zero-order valence-corrected chi connectivity index (χ0v) is 26.4. The molecule has 1 aliphatic rings. The van der Waals surface area contributed by atoms with Crippen LogP contribution in [0.15, 0.2) is 134 Å². The maximum absolute atomic E-state index is 13.0. The Morgan fingerprint density at radius 2 is 1.52 bits per heavy atom. The average molecular weight is 641 g/mol. The Morgan fingerprint density at radius 3 is 2.31 bits per heavy atom. The molecular weight excluding hydrogens is 604 g/mol. The van der Waals surface area contributed by atoms with Crippen LogP contribution in [0.25, 0.3) is 11.0 Å². The Kier molecular flexibility index (Phi) is 9.15. The zero-order chi connectivity index (χ0) is 32.9. The molecule has 5 aromatic carbocycles. The third kappa shape index (κ3) is 7.08. The predicted octanol–water partition coefficient (Wildman–Crippen LogP) is 8.46. The van der Waals surface area contributed by atoms with Crippen molar-refractivity contribution < 1.29 is 24.1 Å². The largest absolute Gasteiger partial charge is 0.457 e. The summed E-state index contributed by atoms with van der Waals surface area (Å²) in [6.45, 7) is 2.69. The van der Waals surface area contributed by atoms with Crippen molar-refractivity contribution in [2.24, 2.45) is 5.92 Å². The third-order valence-corrected chi connectivity index (χ3v) is 8.54. The summed E-state index contributed by atoms with van der Waals surface area (Å²) in [4.78, 5) is 17.5. The van der Waals surface area contributed by atoms with Gasteiger partial charge in [0.25, 0.3) is 0 Å². The summed E-state index contributed by atoms with van der Waals surface area (Å²) >= 11 is 0. The van der Waals surface area contributed by atoms with Gasteiger partial charge in [-0.15, -0.1) is 0 Å². The van der Waals surface area contributed by atoms with Crippen molar-refractivity contribution in [2.45, 2.75) is 38.6 Å². The molecule has 0 saturated carbocycles. The van der Waals surface area contributed by atoms with E-state index in [0.717, 1.165) is 33.5 Å². The van der Waals surface area contributed by atoms with Crippen LogP contribution in [0.5, 0.6) is 11.5 Å². The number of benzene rings is 5. The van der Waals surface area contributed by atoms with E-state index < -0.39 is 6.29 Å². The van der Waals surface area contributed by atoms with E-state index >= 15 is 0 Å². The first-order chi connectivity index (χ1) is 23.5. The maximum atomic E-state index is 13.0. The summed E-state index contributed by atoms with van der Waals surface area (Å²) < 4.78 is 21.3. The molecular formula is C39H36N4O5. The Bertz CT molecular complexity index is 1980. The zero-order valence-electron chi connectivity index (χ0n) is 26.4. The van der Waals surface area contributed by atoms with Gasteiger partial charge in [-0.1, -0.05) is 73.7 Å². The molecule has 0 bridgehead atoms. The summed E-state index contributed by atoms with van der Waals surface area (Å²) in [7, 11) is 0. The minimum Gasteiger partial charge on any atom is -0.457 e. The average Bonchev–Trinajstić information content (AvgIpc) is 3.53. The molecule has 7 rings (SSSR count). The van der Waals surface area contributed by atoms with Gasteiger partial charge in [0, 0.05) is 22.9 Å². The normalized spacial score (nSPS) is 19.1. The van der Waals surface area contributed by atoms with Crippen LogP contribution in [0.4, 0.5) is 16.2 Å². The fourth-order valence-electron chi connectivity index (χ4n) is 5.97. The number of anilines is 2. The molecule has 1 fully saturated rings. The quantitative estimate of drug-likeness (QED) is 0.146. The summed E-state index contributed by atoms with van der Waals surface area (Å²) in [6.07, 6.45) is 0.677. The number of nitrogens with one attached hydrogen (secondary N) is 2. The molecule has 1 saturated heterocycles. The molecule has 242 valence electrons. The molecule has 0 radical (unpaired) electrons. The van der Waals surface area contributed by atoms with Gasteiger partial charge < -0.3 is 34.5 Å².